The van der Waals surface area contributed by atoms with E-state index in [1.54, 1.807) is 4.90 Å². The van der Waals surface area contributed by atoms with Crippen molar-refractivity contribution in [3.05, 3.63) is 28.8 Å². The third-order valence-electron chi connectivity index (χ3n) is 4.11. The van der Waals surface area contributed by atoms with Gasteiger partial charge in [-0.2, -0.15) is 0 Å². The maximum absolute atomic E-state index is 12.2. The lowest BCUT2D eigenvalue weighted by Crippen LogP contribution is -2.47. The molecule has 22 heavy (non-hydrogen) atoms. The largest absolute Gasteiger partial charge is 0.340 e. The highest BCUT2D eigenvalue weighted by atomic mass is 16.2. The zero-order valence-corrected chi connectivity index (χ0v) is 13.9. The SMILES string of the molecule is Cc1cc(C)c(NC(=O)CC(=O)N2CCN(C)CC2)c(C)c1. The number of hydrogen-bond acceptors (Lipinski definition) is 3. The molecule has 1 aliphatic heterocycles. The first-order valence-corrected chi connectivity index (χ1v) is 7.71. The second kappa shape index (κ2) is 6.92. The molecule has 5 heteroatoms. The van der Waals surface area contributed by atoms with E-state index < -0.39 is 0 Å². The van der Waals surface area contributed by atoms with Crippen molar-refractivity contribution in [3.8, 4) is 0 Å². The number of amides is 2. The Morgan fingerprint density at radius 1 is 1.05 bits per heavy atom. The van der Waals surface area contributed by atoms with Crippen LogP contribution < -0.4 is 5.32 Å². The molecular weight excluding hydrogens is 278 g/mol. The molecule has 0 atom stereocenters. The van der Waals surface area contributed by atoms with Crippen LogP contribution in [0.3, 0.4) is 0 Å². The van der Waals surface area contributed by atoms with Crippen LogP contribution in [0.4, 0.5) is 5.69 Å². The van der Waals surface area contributed by atoms with Gasteiger partial charge in [0, 0.05) is 31.9 Å². The summed E-state index contributed by atoms with van der Waals surface area (Å²) in [7, 11) is 2.04. The predicted molar refractivity (Wildman–Crippen MR) is 88.0 cm³/mol. The minimum absolute atomic E-state index is 0.0868. The van der Waals surface area contributed by atoms with Gasteiger partial charge in [0.25, 0.3) is 0 Å². The average molecular weight is 303 g/mol. The molecule has 2 rings (SSSR count). The van der Waals surface area contributed by atoms with Crippen LogP contribution in [-0.4, -0.2) is 54.8 Å². The van der Waals surface area contributed by atoms with E-state index in [1.807, 2.05) is 40.0 Å². The van der Waals surface area contributed by atoms with Gasteiger partial charge in [0.05, 0.1) is 0 Å². The van der Waals surface area contributed by atoms with Crippen LogP contribution in [-0.2, 0) is 9.59 Å². The fraction of sp³-hybridized carbons (Fsp3) is 0.529. The van der Waals surface area contributed by atoms with Gasteiger partial charge in [0.1, 0.15) is 6.42 Å². The van der Waals surface area contributed by atoms with Gasteiger partial charge >= 0.3 is 0 Å². The molecular formula is C17H25N3O2. The predicted octanol–water partition coefficient (Wildman–Crippen LogP) is 1.71. The zero-order valence-electron chi connectivity index (χ0n) is 13.9. The highest BCUT2D eigenvalue weighted by Crippen LogP contribution is 2.22. The molecule has 0 saturated carbocycles. The van der Waals surface area contributed by atoms with Gasteiger partial charge in [-0.25, -0.2) is 0 Å². The molecule has 0 aromatic heterocycles. The summed E-state index contributed by atoms with van der Waals surface area (Å²) in [6, 6.07) is 4.07. The van der Waals surface area contributed by atoms with Gasteiger partial charge in [0.2, 0.25) is 11.8 Å². The monoisotopic (exact) mass is 303 g/mol. The zero-order chi connectivity index (χ0) is 16.3. The van der Waals surface area contributed by atoms with E-state index in [0.29, 0.717) is 13.1 Å². The van der Waals surface area contributed by atoms with Gasteiger partial charge in [-0.05, 0) is 38.9 Å². The number of hydrogen-bond donors (Lipinski definition) is 1. The Labute approximate surface area is 132 Å². The number of anilines is 1. The maximum atomic E-state index is 12.2. The van der Waals surface area contributed by atoms with Crippen molar-refractivity contribution in [1.29, 1.82) is 0 Å². The maximum Gasteiger partial charge on any atom is 0.233 e. The van der Waals surface area contributed by atoms with E-state index in [4.69, 9.17) is 0 Å². The second-order valence-corrected chi connectivity index (χ2v) is 6.18. The summed E-state index contributed by atoms with van der Waals surface area (Å²) >= 11 is 0. The summed E-state index contributed by atoms with van der Waals surface area (Å²) in [4.78, 5) is 28.3. The summed E-state index contributed by atoms with van der Waals surface area (Å²) in [6.45, 7) is 9.10. The lowest BCUT2D eigenvalue weighted by atomic mass is 10.0. The lowest BCUT2D eigenvalue weighted by Gasteiger charge is -2.32. The third kappa shape index (κ3) is 4.07. The van der Waals surface area contributed by atoms with E-state index >= 15 is 0 Å². The molecule has 2 amide bonds. The minimum atomic E-state index is -0.237. The fourth-order valence-corrected chi connectivity index (χ4v) is 2.87. The van der Waals surface area contributed by atoms with Crippen LogP contribution in [0.15, 0.2) is 12.1 Å². The van der Waals surface area contributed by atoms with Crippen molar-refractivity contribution in [1.82, 2.24) is 9.80 Å². The topological polar surface area (TPSA) is 52.7 Å². The first kappa shape index (κ1) is 16.5. The molecule has 1 aromatic rings. The highest BCUT2D eigenvalue weighted by molar-refractivity contribution is 6.04. The molecule has 0 aliphatic carbocycles. The number of benzene rings is 1. The Kier molecular flexibility index (Phi) is 5.19. The molecule has 0 spiro atoms. The number of likely N-dealkylation sites (N-methyl/N-ethyl adjacent to an activating group) is 1. The van der Waals surface area contributed by atoms with E-state index in [0.717, 1.165) is 29.9 Å². The van der Waals surface area contributed by atoms with Crippen molar-refractivity contribution in [2.24, 2.45) is 0 Å². The normalized spacial score (nSPS) is 15.7. The van der Waals surface area contributed by atoms with Crippen LogP contribution in [0.5, 0.6) is 0 Å². The third-order valence-corrected chi connectivity index (χ3v) is 4.11. The Morgan fingerprint density at radius 2 is 1.59 bits per heavy atom. The smallest absolute Gasteiger partial charge is 0.233 e. The van der Waals surface area contributed by atoms with Crippen molar-refractivity contribution in [2.45, 2.75) is 27.2 Å². The van der Waals surface area contributed by atoms with Crippen molar-refractivity contribution in [3.63, 3.8) is 0 Å². The van der Waals surface area contributed by atoms with Gasteiger partial charge in [0.15, 0.2) is 0 Å². The number of piperazine rings is 1. The molecule has 120 valence electrons. The second-order valence-electron chi connectivity index (χ2n) is 6.18. The number of aryl methyl sites for hydroxylation is 3. The van der Waals surface area contributed by atoms with E-state index in [1.165, 1.54) is 5.56 Å². The summed E-state index contributed by atoms with van der Waals surface area (Å²) in [5, 5.41) is 2.89. The molecule has 1 aliphatic rings. The van der Waals surface area contributed by atoms with Gasteiger partial charge in [-0.3, -0.25) is 9.59 Å². The van der Waals surface area contributed by atoms with Gasteiger partial charge in [-0.15, -0.1) is 0 Å². The van der Waals surface area contributed by atoms with Crippen molar-refractivity contribution in [2.75, 3.05) is 38.5 Å². The molecule has 1 fully saturated rings. The molecule has 1 saturated heterocycles. The summed E-state index contributed by atoms with van der Waals surface area (Å²) < 4.78 is 0. The Morgan fingerprint density at radius 3 is 2.14 bits per heavy atom. The molecule has 0 bridgehead atoms. The summed E-state index contributed by atoms with van der Waals surface area (Å²) in [6.07, 6.45) is -0.0868. The van der Waals surface area contributed by atoms with Crippen LogP contribution in [0.1, 0.15) is 23.1 Å². The number of nitrogens with zero attached hydrogens (tertiary/aromatic N) is 2. The van der Waals surface area contributed by atoms with Crippen LogP contribution in [0.2, 0.25) is 0 Å². The molecule has 0 radical (unpaired) electrons. The summed E-state index contributed by atoms with van der Waals surface area (Å²) in [5.74, 6) is -0.327. The van der Waals surface area contributed by atoms with Gasteiger partial charge < -0.3 is 15.1 Å². The Bertz CT molecular complexity index is 552. The number of carbonyl (C=O) groups excluding carboxylic acids is 2. The molecule has 5 nitrogen and oxygen atoms in total. The number of carbonyl (C=O) groups is 2. The average Bonchev–Trinajstić information content (AvgIpc) is 2.43. The Hall–Kier alpha value is -1.88. The number of nitrogens with one attached hydrogen (secondary N) is 1. The van der Waals surface area contributed by atoms with Crippen LogP contribution in [0, 0.1) is 20.8 Å². The quantitative estimate of drug-likeness (QED) is 0.865. The van der Waals surface area contributed by atoms with E-state index in [9.17, 15) is 9.59 Å². The first-order chi connectivity index (χ1) is 10.4. The molecule has 1 heterocycles. The number of rotatable bonds is 3. The van der Waals surface area contributed by atoms with Crippen LogP contribution in [0.25, 0.3) is 0 Å². The standard InChI is InChI=1S/C17H25N3O2/c1-12-9-13(2)17(14(3)10-12)18-15(21)11-16(22)20-7-5-19(4)6-8-20/h9-10H,5-8,11H2,1-4H3,(H,18,21). The lowest BCUT2D eigenvalue weighted by molar-refractivity contribution is -0.135. The van der Waals surface area contributed by atoms with Crippen LogP contribution >= 0.6 is 0 Å². The molecule has 1 N–H and O–H groups in total. The van der Waals surface area contributed by atoms with Gasteiger partial charge in [-0.1, -0.05) is 17.7 Å². The first-order valence-electron chi connectivity index (χ1n) is 7.71. The minimum Gasteiger partial charge on any atom is -0.340 e. The molecule has 0 unspecified atom stereocenters. The fourth-order valence-electron chi connectivity index (χ4n) is 2.87. The van der Waals surface area contributed by atoms with E-state index in [-0.39, 0.29) is 18.2 Å². The molecule has 1 aromatic carbocycles. The van der Waals surface area contributed by atoms with Crippen molar-refractivity contribution < 1.29 is 9.59 Å². The van der Waals surface area contributed by atoms with Crippen molar-refractivity contribution >= 4 is 17.5 Å². The highest BCUT2D eigenvalue weighted by Gasteiger charge is 2.21. The summed E-state index contributed by atoms with van der Waals surface area (Å²) in [5.41, 5.74) is 4.04. The Balaban J connectivity index is 1.94. The van der Waals surface area contributed by atoms with E-state index in [2.05, 4.69) is 10.2 Å².